The summed E-state index contributed by atoms with van der Waals surface area (Å²) < 4.78 is 5.49. The molecule has 2 unspecified atom stereocenters. The van der Waals surface area contributed by atoms with Crippen LogP contribution >= 0.6 is 11.6 Å². The number of benzene rings is 1. The molecule has 1 heterocycles. The van der Waals surface area contributed by atoms with Crippen LogP contribution in [0.3, 0.4) is 0 Å². The number of halogens is 1. The van der Waals surface area contributed by atoms with Gasteiger partial charge in [0.25, 0.3) is 0 Å². The predicted octanol–water partition coefficient (Wildman–Crippen LogP) is 3.08. The zero-order valence-corrected chi connectivity index (χ0v) is 10.2. The SMILES string of the molecule is O=C(O)C(CC1CCCO1)c1ccccc1Cl. The van der Waals surface area contributed by atoms with Crippen LogP contribution in [0.4, 0.5) is 0 Å². The molecule has 0 aliphatic carbocycles. The summed E-state index contributed by atoms with van der Waals surface area (Å²) in [6.45, 7) is 0.736. The molecule has 1 fully saturated rings. The standard InChI is InChI=1S/C13H15ClO3/c14-12-6-2-1-5-10(12)11(13(15)16)8-9-4-3-7-17-9/h1-2,5-6,9,11H,3-4,7-8H2,(H,15,16). The molecule has 3 nitrogen and oxygen atoms in total. The van der Waals surface area contributed by atoms with Gasteiger partial charge < -0.3 is 9.84 Å². The fourth-order valence-electron chi connectivity index (χ4n) is 2.21. The Morgan fingerprint density at radius 1 is 1.53 bits per heavy atom. The lowest BCUT2D eigenvalue weighted by Gasteiger charge is -2.17. The van der Waals surface area contributed by atoms with Crippen molar-refractivity contribution in [3.63, 3.8) is 0 Å². The summed E-state index contributed by atoms with van der Waals surface area (Å²) in [5.41, 5.74) is 0.678. The van der Waals surface area contributed by atoms with E-state index in [1.54, 1.807) is 18.2 Å². The Balaban J connectivity index is 2.17. The van der Waals surface area contributed by atoms with Crippen molar-refractivity contribution in [2.75, 3.05) is 6.61 Å². The van der Waals surface area contributed by atoms with Crippen molar-refractivity contribution in [1.82, 2.24) is 0 Å². The smallest absolute Gasteiger partial charge is 0.311 e. The third kappa shape index (κ3) is 2.99. The second-order valence-corrected chi connectivity index (χ2v) is 4.69. The molecule has 0 spiro atoms. The predicted molar refractivity (Wildman–Crippen MR) is 65.4 cm³/mol. The van der Waals surface area contributed by atoms with Crippen LogP contribution in [0.2, 0.25) is 5.02 Å². The fourth-order valence-corrected chi connectivity index (χ4v) is 2.48. The first-order valence-electron chi connectivity index (χ1n) is 5.77. The van der Waals surface area contributed by atoms with Gasteiger partial charge in [0.2, 0.25) is 0 Å². The Morgan fingerprint density at radius 3 is 2.88 bits per heavy atom. The van der Waals surface area contributed by atoms with E-state index < -0.39 is 11.9 Å². The number of aliphatic carboxylic acids is 1. The van der Waals surface area contributed by atoms with E-state index in [4.69, 9.17) is 16.3 Å². The van der Waals surface area contributed by atoms with Gasteiger partial charge in [-0.1, -0.05) is 29.8 Å². The molecule has 1 aromatic carbocycles. The summed E-state index contributed by atoms with van der Waals surface area (Å²) in [7, 11) is 0. The first-order valence-corrected chi connectivity index (χ1v) is 6.15. The third-order valence-electron chi connectivity index (χ3n) is 3.10. The molecule has 4 heteroatoms. The summed E-state index contributed by atoms with van der Waals surface area (Å²) in [5.74, 6) is -1.42. The summed E-state index contributed by atoms with van der Waals surface area (Å²) >= 11 is 6.04. The molecule has 1 saturated heterocycles. The van der Waals surface area contributed by atoms with Crippen LogP contribution in [-0.2, 0) is 9.53 Å². The number of rotatable bonds is 4. The number of carboxylic acid groups (broad SMARTS) is 1. The van der Waals surface area contributed by atoms with Gasteiger partial charge in [-0.3, -0.25) is 4.79 Å². The Bertz CT molecular complexity index is 399. The highest BCUT2D eigenvalue weighted by Gasteiger charge is 2.28. The lowest BCUT2D eigenvalue weighted by atomic mass is 9.92. The van der Waals surface area contributed by atoms with Crippen LogP contribution in [0, 0.1) is 0 Å². The molecule has 1 aliphatic rings. The molecule has 2 atom stereocenters. The fraction of sp³-hybridized carbons (Fsp3) is 0.462. The summed E-state index contributed by atoms with van der Waals surface area (Å²) in [4.78, 5) is 11.3. The number of carbonyl (C=O) groups is 1. The van der Waals surface area contributed by atoms with Crippen molar-refractivity contribution < 1.29 is 14.6 Å². The molecule has 1 aliphatic heterocycles. The first kappa shape index (κ1) is 12.4. The summed E-state index contributed by atoms with van der Waals surface area (Å²) in [6, 6.07) is 7.11. The quantitative estimate of drug-likeness (QED) is 0.898. The van der Waals surface area contributed by atoms with Crippen molar-refractivity contribution in [3.05, 3.63) is 34.9 Å². The Kier molecular flexibility index (Phi) is 4.02. The third-order valence-corrected chi connectivity index (χ3v) is 3.45. The van der Waals surface area contributed by atoms with Gasteiger partial charge in [-0.25, -0.2) is 0 Å². The highest BCUT2D eigenvalue weighted by molar-refractivity contribution is 6.31. The monoisotopic (exact) mass is 254 g/mol. The van der Waals surface area contributed by atoms with Crippen molar-refractivity contribution in [3.8, 4) is 0 Å². The lowest BCUT2D eigenvalue weighted by Crippen LogP contribution is -2.19. The number of hydrogen-bond acceptors (Lipinski definition) is 2. The van der Waals surface area contributed by atoms with Crippen LogP contribution < -0.4 is 0 Å². The van der Waals surface area contributed by atoms with E-state index in [-0.39, 0.29) is 6.10 Å². The molecule has 92 valence electrons. The molecule has 1 aromatic rings. The van der Waals surface area contributed by atoms with Gasteiger partial charge in [-0.2, -0.15) is 0 Å². The highest BCUT2D eigenvalue weighted by atomic mass is 35.5. The topological polar surface area (TPSA) is 46.5 Å². The van der Waals surface area contributed by atoms with E-state index in [1.165, 1.54) is 0 Å². The molecular formula is C13H15ClO3. The largest absolute Gasteiger partial charge is 0.481 e. The van der Waals surface area contributed by atoms with E-state index in [1.807, 2.05) is 6.07 Å². The van der Waals surface area contributed by atoms with Gasteiger partial charge >= 0.3 is 5.97 Å². The summed E-state index contributed by atoms with van der Waals surface area (Å²) in [6.07, 6.45) is 2.50. The van der Waals surface area contributed by atoms with Crippen molar-refractivity contribution >= 4 is 17.6 Å². The van der Waals surface area contributed by atoms with Crippen LogP contribution in [0.25, 0.3) is 0 Å². The average molecular weight is 255 g/mol. The maximum atomic E-state index is 11.3. The van der Waals surface area contributed by atoms with Gasteiger partial charge in [-0.15, -0.1) is 0 Å². The molecule has 0 amide bonds. The number of carboxylic acids is 1. The number of hydrogen-bond donors (Lipinski definition) is 1. The molecular weight excluding hydrogens is 240 g/mol. The minimum atomic E-state index is -0.839. The van der Waals surface area contributed by atoms with Gasteiger partial charge in [0.1, 0.15) is 0 Å². The Hall–Kier alpha value is -1.06. The van der Waals surface area contributed by atoms with Crippen molar-refractivity contribution in [1.29, 1.82) is 0 Å². The maximum absolute atomic E-state index is 11.3. The van der Waals surface area contributed by atoms with E-state index in [0.717, 1.165) is 19.4 Å². The second kappa shape index (κ2) is 5.52. The minimum absolute atomic E-state index is 0.0485. The Labute approximate surface area is 105 Å². The van der Waals surface area contributed by atoms with E-state index in [2.05, 4.69) is 0 Å². The average Bonchev–Trinajstić information content (AvgIpc) is 2.79. The molecule has 2 rings (SSSR count). The van der Waals surface area contributed by atoms with E-state index in [0.29, 0.717) is 17.0 Å². The van der Waals surface area contributed by atoms with E-state index in [9.17, 15) is 9.90 Å². The molecule has 0 aromatic heterocycles. The van der Waals surface area contributed by atoms with E-state index >= 15 is 0 Å². The molecule has 0 bridgehead atoms. The highest BCUT2D eigenvalue weighted by Crippen LogP contribution is 2.31. The van der Waals surface area contributed by atoms with Gasteiger partial charge in [0, 0.05) is 11.6 Å². The number of ether oxygens (including phenoxy) is 1. The van der Waals surface area contributed by atoms with Crippen molar-refractivity contribution in [2.24, 2.45) is 0 Å². The van der Waals surface area contributed by atoms with Crippen molar-refractivity contribution in [2.45, 2.75) is 31.3 Å². The van der Waals surface area contributed by atoms with Crippen LogP contribution in [-0.4, -0.2) is 23.8 Å². The molecule has 17 heavy (non-hydrogen) atoms. The zero-order valence-electron chi connectivity index (χ0n) is 9.43. The zero-order chi connectivity index (χ0) is 12.3. The van der Waals surface area contributed by atoms with Gasteiger partial charge in [0.15, 0.2) is 0 Å². The normalized spacial score (nSPS) is 21.4. The van der Waals surface area contributed by atoms with Crippen LogP contribution in [0.1, 0.15) is 30.7 Å². The lowest BCUT2D eigenvalue weighted by molar-refractivity contribution is -0.139. The molecule has 0 saturated carbocycles. The minimum Gasteiger partial charge on any atom is -0.481 e. The summed E-state index contributed by atoms with van der Waals surface area (Å²) in [5, 5.41) is 9.81. The first-order chi connectivity index (χ1) is 8.18. The van der Waals surface area contributed by atoms with Gasteiger partial charge in [0.05, 0.1) is 12.0 Å². The molecule has 1 N–H and O–H groups in total. The molecule has 0 radical (unpaired) electrons. The van der Waals surface area contributed by atoms with Crippen LogP contribution in [0.15, 0.2) is 24.3 Å². The van der Waals surface area contributed by atoms with Gasteiger partial charge in [-0.05, 0) is 30.9 Å². The maximum Gasteiger partial charge on any atom is 0.311 e. The Morgan fingerprint density at radius 2 is 2.29 bits per heavy atom. The second-order valence-electron chi connectivity index (χ2n) is 4.28. The van der Waals surface area contributed by atoms with Crippen LogP contribution in [0.5, 0.6) is 0 Å².